The number of ether oxygens (including phenoxy) is 1. The standard InChI is InChI=1S/C23H30N4O5S/c1-18(28)24-19-5-11-22(12-6-19)33(30,31)25(2)17-23(29)27-14-4-13-26(15-16-27)20-7-9-21(32-3)10-8-20/h5-12H,4,13-17H2,1-3H3,(H,24,28). The molecule has 2 amide bonds. The summed E-state index contributed by atoms with van der Waals surface area (Å²) < 4.78 is 32.1. The smallest absolute Gasteiger partial charge is 0.243 e. The normalized spacial score (nSPS) is 14.7. The number of likely N-dealkylation sites (N-methyl/N-ethyl adjacent to an activating group) is 1. The summed E-state index contributed by atoms with van der Waals surface area (Å²) in [6.07, 6.45) is 0.791. The van der Waals surface area contributed by atoms with Crippen molar-refractivity contribution < 1.29 is 22.7 Å². The maximum atomic E-state index is 12.9. The Morgan fingerprint density at radius 3 is 2.27 bits per heavy atom. The van der Waals surface area contributed by atoms with Crippen molar-refractivity contribution in [3.63, 3.8) is 0 Å². The first-order chi connectivity index (χ1) is 15.7. The molecule has 10 heteroatoms. The maximum Gasteiger partial charge on any atom is 0.243 e. The Kier molecular flexibility index (Phi) is 7.93. The zero-order valence-electron chi connectivity index (χ0n) is 19.2. The predicted octanol–water partition coefficient (Wildman–Crippen LogP) is 2.01. The molecule has 1 fully saturated rings. The van der Waals surface area contributed by atoms with Gasteiger partial charge in [-0.15, -0.1) is 0 Å². The second-order valence-corrected chi connectivity index (χ2v) is 9.93. The number of carbonyl (C=O) groups excluding carboxylic acids is 2. The van der Waals surface area contributed by atoms with Crippen molar-refractivity contribution in [2.24, 2.45) is 0 Å². The Morgan fingerprint density at radius 2 is 1.67 bits per heavy atom. The molecule has 33 heavy (non-hydrogen) atoms. The Bertz CT molecular complexity index is 1070. The van der Waals surface area contributed by atoms with Gasteiger partial charge in [-0.25, -0.2) is 8.42 Å². The number of amides is 2. The van der Waals surface area contributed by atoms with Gasteiger partial charge in [-0.3, -0.25) is 9.59 Å². The van der Waals surface area contributed by atoms with Crippen molar-refractivity contribution in [3.05, 3.63) is 48.5 Å². The van der Waals surface area contributed by atoms with Crippen LogP contribution in [-0.4, -0.2) is 76.3 Å². The van der Waals surface area contributed by atoms with Gasteiger partial charge < -0.3 is 19.9 Å². The second-order valence-electron chi connectivity index (χ2n) is 7.89. The van der Waals surface area contributed by atoms with E-state index < -0.39 is 10.0 Å². The van der Waals surface area contributed by atoms with Crippen LogP contribution < -0.4 is 15.0 Å². The van der Waals surface area contributed by atoms with Gasteiger partial charge in [0.25, 0.3) is 0 Å². The summed E-state index contributed by atoms with van der Waals surface area (Å²) in [6.45, 7) is 3.71. The Labute approximate surface area is 195 Å². The number of carbonyl (C=O) groups is 2. The number of hydrogen-bond acceptors (Lipinski definition) is 6. The molecule has 0 saturated carbocycles. The van der Waals surface area contributed by atoms with Gasteiger partial charge in [0.05, 0.1) is 18.6 Å². The molecule has 1 aliphatic rings. The zero-order valence-corrected chi connectivity index (χ0v) is 20.0. The lowest BCUT2D eigenvalue weighted by Crippen LogP contribution is -2.42. The highest BCUT2D eigenvalue weighted by atomic mass is 32.2. The van der Waals surface area contributed by atoms with Gasteiger partial charge in [-0.05, 0) is 55.0 Å². The number of sulfonamides is 1. The number of benzene rings is 2. The van der Waals surface area contributed by atoms with Crippen molar-refractivity contribution in [2.45, 2.75) is 18.2 Å². The molecule has 0 aromatic heterocycles. The van der Waals surface area contributed by atoms with Gasteiger partial charge in [0, 0.05) is 51.5 Å². The minimum absolute atomic E-state index is 0.0634. The molecule has 1 aliphatic heterocycles. The van der Waals surface area contributed by atoms with Crippen LogP contribution in [0.3, 0.4) is 0 Å². The first kappa shape index (κ1) is 24.5. The summed E-state index contributed by atoms with van der Waals surface area (Å²) in [6, 6.07) is 13.7. The van der Waals surface area contributed by atoms with Gasteiger partial charge in [-0.1, -0.05) is 0 Å². The van der Waals surface area contributed by atoms with Gasteiger partial charge in [-0.2, -0.15) is 4.31 Å². The fraction of sp³-hybridized carbons (Fsp3) is 0.391. The highest BCUT2D eigenvalue weighted by Gasteiger charge is 2.26. The van der Waals surface area contributed by atoms with Gasteiger partial charge in [0.2, 0.25) is 21.8 Å². The minimum atomic E-state index is -3.84. The minimum Gasteiger partial charge on any atom is -0.497 e. The SMILES string of the molecule is COc1ccc(N2CCCN(C(=O)CN(C)S(=O)(=O)c3ccc(NC(C)=O)cc3)CC2)cc1. The van der Waals surface area contributed by atoms with E-state index >= 15 is 0 Å². The van der Waals surface area contributed by atoms with E-state index in [4.69, 9.17) is 4.74 Å². The second kappa shape index (κ2) is 10.7. The van der Waals surface area contributed by atoms with E-state index in [0.29, 0.717) is 25.3 Å². The Hall–Kier alpha value is -3.11. The van der Waals surface area contributed by atoms with E-state index in [0.717, 1.165) is 28.7 Å². The highest BCUT2D eigenvalue weighted by Crippen LogP contribution is 2.21. The Balaban J connectivity index is 1.59. The number of nitrogens with one attached hydrogen (secondary N) is 1. The molecule has 0 aliphatic carbocycles. The lowest BCUT2D eigenvalue weighted by Gasteiger charge is -2.25. The van der Waals surface area contributed by atoms with Crippen molar-refractivity contribution >= 4 is 33.2 Å². The highest BCUT2D eigenvalue weighted by molar-refractivity contribution is 7.89. The summed E-state index contributed by atoms with van der Waals surface area (Å²) in [4.78, 5) is 28.0. The fourth-order valence-electron chi connectivity index (χ4n) is 3.69. The van der Waals surface area contributed by atoms with Gasteiger partial charge in [0.1, 0.15) is 5.75 Å². The van der Waals surface area contributed by atoms with Crippen LogP contribution in [-0.2, 0) is 19.6 Å². The Morgan fingerprint density at radius 1 is 1.00 bits per heavy atom. The molecule has 1 N–H and O–H groups in total. The fourth-order valence-corrected chi connectivity index (χ4v) is 4.81. The van der Waals surface area contributed by atoms with Crippen LogP contribution in [0.4, 0.5) is 11.4 Å². The molecule has 0 unspecified atom stereocenters. The summed E-state index contributed by atoms with van der Waals surface area (Å²) in [7, 11) is -0.810. The average molecular weight is 475 g/mol. The summed E-state index contributed by atoms with van der Waals surface area (Å²) in [5, 5.41) is 2.60. The van der Waals surface area contributed by atoms with Crippen molar-refractivity contribution in [2.75, 3.05) is 57.1 Å². The third-order valence-electron chi connectivity index (χ3n) is 5.53. The van der Waals surface area contributed by atoms with Crippen LogP contribution in [0.1, 0.15) is 13.3 Å². The maximum absolute atomic E-state index is 12.9. The lowest BCUT2D eigenvalue weighted by molar-refractivity contribution is -0.131. The first-order valence-electron chi connectivity index (χ1n) is 10.7. The van der Waals surface area contributed by atoms with E-state index in [1.54, 1.807) is 12.0 Å². The molecular formula is C23H30N4O5S. The van der Waals surface area contributed by atoms with E-state index in [9.17, 15) is 18.0 Å². The van der Waals surface area contributed by atoms with Gasteiger partial charge in [0.15, 0.2) is 0 Å². The van der Waals surface area contributed by atoms with E-state index in [-0.39, 0.29) is 23.3 Å². The topological polar surface area (TPSA) is 99.3 Å². The van der Waals surface area contributed by atoms with Crippen molar-refractivity contribution in [1.82, 2.24) is 9.21 Å². The van der Waals surface area contributed by atoms with Crippen LogP contribution in [0.25, 0.3) is 0 Å². The molecule has 178 valence electrons. The average Bonchev–Trinajstić information content (AvgIpc) is 3.05. The van der Waals surface area contributed by atoms with Crippen LogP contribution in [0.2, 0.25) is 0 Å². The molecule has 2 aromatic carbocycles. The number of methoxy groups -OCH3 is 1. The van der Waals surface area contributed by atoms with E-state index in [2.05, 4.69) is 10.2 Å². The van der Waals surface area contributed by atoms with Crippen molar-refractivity contribution in [3.8, 4) is 5.75 Å². The molecule has 0 radical (unpaired) electrons. The zero-order chi connectivity index (χ0) is 24.0. The molecule has 3 rings (SSSR count). The number of anilines is 2. The summed E-state index contributed by atoms with van der Waals surface area (Å²) in [5.74, 6) is 0.322. The molecule has 9 nitrogen and oxygen atoms in total. The number of rotatable bonds is 7. The predicted molar refractivity (Wildman–Crippen MR) is 127 cm³/mol. The molecule has 0 atom stereocenters. The lowest BCUT2D eigenvalue weighted by atomic mass is 10.2. The molecule has 2 aromatic rings. The molecule has 1 heterocycles. The van der Waals surface area contributed by atoms with Crippen molar-refractivity contribution in [1.29, 1.82) is 0 Å². The third-order valence-corrected chi connectivity index (χ3v) is 7.34. The molecule has 0 bridgehead atoms. The van der Waals surface area contributed by atoms with Crippen LogP contribution in [0.5, 0.6) is 5.75 Å². The summed E-state index contributed by atoms with van der Waals surface area (Å²) >= 11 is 0. The van der Waals surface area contributed by atoms with Crippen LogP contribution >= 0.6 is 0 Å². The quantitative estimate of drug-likeness (QED) is 0.659. The summed E-state index contributed by atoms with van der Waals surface area (Å²) in [5.41, 5.74) is 1.57. The molecule has 1 saturated heterocycles. The molecule has 0 spiro atoms. The first-order valence-corrected chi connectivity index (χ1v) is 12.2. The monoisotopic (exact) mass is 474 g/mol. The third kappa shape index (κ3) is 6.23. The number of nitrogens with zero attached hydrogens (tertiary/aromatic N) is 3. The van der Waals surface area contributed by atoms with E-state index in [1.165, 1.54) is 38.2 Å². The van der Waals surface area contributed by atoms with E-state index in [1.807, 2.05) is 24.3 Å². The van der Waals surface area contributed by atoms with Crippen LogP contribution in [0.15, 0.2) is 53.4 Å². The van der Waals surface area contributed by atoms with Gasteiger partial charge >= 0.3 is 0 Å². The largest absolute Gasteiger partial charge is 0.497 e. The molecular weight excluding hydrogens is 444 g/mol. The van der Waals surface area contributed by atoms with Crippen LogP contribution in [0, 0.1) is 0 Å². The number of hydrogen-bond donors (Lipinski definition) is 1.